The molecule has 82 valence electrons. The molecule has 1 aliphatic rings. The lowest BCUT2D eigenvalue weighted by atomic mass is 10.1. The van der Waals surface area contributed by atoms with Gasteiger partial charge >= 0.3 is 0 Å². The van der Waals surface area contributed by atoms with Crippen molar-refractivity contribution in [2.75, 3.05) is 18.0 Å². The summed E-state index contributed by atoms with van der Waals surface area (Å²) >= 11 is 0. The summed E-state index contributed by atoms with van der Waals surface area (Å²) < 4.78 is 0. The van der Waals surface area contributed by atoms with Crippen LogP contribution in [0.5, 0.6) is 0 Å². The first-order valence-corrected chi connectivity index (χ1v) is 5.67. The molecular weight excluding hydrogens is 188 g/mol. The molecule has 0 amide bonds. The fourth-order valence-electron chi connectivity index (χ4n) is 1.91. The molecular formula is C12H18N2O. The molecule has 2 rings (SSSR count). The zero-order valence-corrected chi connectivity index (χ0v) is 9.19. The Labute approximate surface area is 90.8 Å². The highest BCUT2D eigenvalue weighted by Gasteiger charge is 2.17. The zero-order chi connectivity index (χ0) is 10.7. The van der Waals surface area contributed by atoms with Crippen LogP contribution in [0.25, 0.3) is 0 Å². The number of aromatic nitrogens is 1. The van der Waals surface area contributed by atoms with E-state index in [4.69, 9.17) is 0 Å². The van der Waals surface area contributed by atoms with Crippen molar-refractivity contribution < 1.29 is 5.11 Å². The van der Waals surface area contributed by atoms with E-state index in [2.05, 4.69) is 28.9 Å². The highest BCUT2D eigenvalue weighted by atomic mass is 16.3. The van der Waals surface area contributed by atoms with Crippen molar-refractivity contribution in [2.45, 2.75) is 32.3 Å². The minimum absolute atomic E-state index is 0.115. The Morgan fingerprint density at radius 3 is 2.67 bits per heavy atom. The number of pyridine rings is 1. The Morgan fingerprint density at radius 1 is 1.40 bits per heavy atom. The van der Waals surface area contributed by atoms with E-state index in [0.29, 0.717) is 0 Å². The van der Waals surface area contributed by atoms with Gasteiger partial charge in [0.25, 0.3) is 0 Å². The third kappa shape index (κ3) is 2.48. The molecule has 15 heavy (non-hydrogen) atoms. The van der Waals surface area contributed by atoms with Crippen molar-refractivity contribution in [3.63, 3.8) is 0 Å². The maximum Gasteiger partial charge on any atom is 0.128 e. The van der Waals surface area contributed by atoms with Gasteiger partial charge in [-0.3, -0.25) is 0 Å². The van der Waals surface area contributed by atoms with Gasteiger partial charge in [0, 0.05) is 19.3 Å². The molecule has 0 atom stereocenters. The fourth-order valence-corrected chi connectivity index (χ4v) is 1.91. The van der Waals surface area contributed by atoms with Gasteiger partial charge in [-0.1, -0.05) is 13.0 Å². The van der Waals surface area contributed by atoms with E-state index in [1.54, 1.807) is 0 Å². The topological polar surface area (TPSA) is 36.4 Å². The standard InChI is InChI=1S/C12H18N2O/c1-2-10-3-4-12(13-9-10)14-7-5-11(15)6-8-14/h3-4,9,11,15H,2,5-8H2,1H3. The second kappa shape index (κ2) is 4.62. The average Bonchev–Trinajstić information content (AvgIpc) is 2.30. The van der Waals surface area contributed by atoms with Crippen molar-refractivity contribution in [3.05, 3.63) is 23.9 Å². The number of hydrogen-bond acceptors (Lipinski definition) is 3. The van der Waals surface area contributed by atoms with Gasteiger partial charge in [0.05, 0.1) is 6.10 Å². The molecule has 1 aliphatic heterocycles. The minimum atomic E-state index is -0.115. The second-order valence-corrected chi connectivity index (χ2v) is 4.10. The third-order valence-corrected chi connectivity index (χ3v) is 3.01. The number of hydrogen-bond donors (Lipinski definition) is 1. The van der Waals surface area contributed by atoms with Gasteiger partial charge in [-0.2, -0.15) is 0 Å². The second-order valence-electron chi connectivity index (χ2n) is 4.10. The van der Waals surface area contributed by atoms with Crippen molar-refractivity contribution >= 4 is 5.82 Å². The van der Waals surface area contributed by atoms with Gasteiger partial charge in [-0.25, -0.2) is 4.98 Å². The van der Waals surface area contributed by atoms with Crippen LogP contribution in [0, 0.1) is 0 Å². The Hall–Kier alpha value is -1.09. The van der Waals surface area contributed by atoms with E-state index in [9.17, 15) is 5.11 Å². The molecule has 3 heteroatoms. The maximum atomic E-state index is 9.41. The number of rotatable bonds is 2. The van der Waals surface area contributed by atoms with Gasteiger partial charge in [-0.15, -0.1) is 0 Å². The van der Waals surface area contributed by atoms with Crippen molar-refractivity contribution in [3.8, 4) is 0 Å². The van der Waals surface area contributed by atoms with Crippen LogP contribution in [-0.2, 0) is 6.42 Å². The van der Waals surface area contributed by atoms with Crippen LogP contribution in [0.3, 0.4) is 0 Å². The van der Waals surface area contributed by atoms with Gasteiger partial charge in [0.15, 0.2) is 0 Å². The summed E-state index contributed by atoms with van der Waals surface area (Å²) in [6.45, 7) is 3.97. The molecule has 1 aromatic rings. The smallest absolute Gasteiger partial charge is 0.128 e. The van der Waals surface area contributed by atoms with E-state index >= 15 is 0 Å². The van der Waals surface area contributed by atoms with Crippen molar-refractivity contribution in [1.29, 1.82) is 0 Å². The lowest BCUT2D eigenvalue weighted by Gasteiger charge is -2.30. The molecule has 0 aliphatic carbocycles. The number of aliphatic hydroxyl groups excluding tert-OH is 1. The Bertz CT molecular complexity index is 302. The largest absolute Gasteiger partial charge is 0.393 e. The summed E-state index contributed by atoms with van der Waals surface area (Å²) in [5.74, 6) is 1.04. The van der Waals surface area contributed by atoms with Crippen LogP contribution in [0.2, 0.25) is 0 Å². The zero-order valence-electron chi connectivity index (χ0n) is 9.19. The van der Waals surface area contributed by atoms with Crippen LogP contribution < -0.4 is 4.90 Å². The summed E-state index contributed by atoms with van der Waals surface area (Å²) in [6.07, 6.45) is 4.58. The van der Waals surface area contributed by atoms with Crippen molar-refractivity contribution in [2.24, 2.45) is 0 Å². The molecule has 0 spiro atoms. The first kappa shape index (κ1) is 10.4. The maximum absolute atomic E-state index is 9.41. The highest BCUT2D eigenvalue weighted by Crippen LogP contribution is 2.17. The summed E-state index contributed by atoms with van der Waals surface area (Å²) in [7, 11) is 0. The lowest BCUT2D eigenvalue weighted by molar-refractivity contribution is 0.145. The van der Waals surface area contributed by atoms with Crippen LogP contribution in [-0.4, -0.2) is 29.3 Å². The van der Waals surface area contributed by atoms with E-state index in [1.165, 1.54) is 5.56 Å². The van der Waals surface area contributed by atoms with Gasteiger partial charge < -0.3 is 10.0 Å². The van der Waals surface area contributed by atoms with Gasteiger partial charge in [0.1, 0.15) is 5.82 Å². The monoisotopic (exact) mass is 206 g/mol. The Balaban J connectivity index is 2.03. The summed E-state index contributed by atoms with van der Waals surface area (Å²) in [5.41, 5.74) is 1.27. The molecule has 0 radical (unpaired) electrons. The molecule has 1 aromatic heterocycles. The molecule has 1 saturated heterocycles. The number of aliphatic hydroxyl groups is 1. The molecule has 1 N–H and O–H groups in total. The summed E-state index contributed by atoms with van der Waals surface area (Å²) in [4.78, 5) is 6.68. The van der Waals surface area contributed by atoms with Crippen molar-refractivity contribution in [1.82, 2.24) is 4.98 Å². The Morgan fingerprint density at radius 2 is 2.13 bits per heavy atom. The average molecular weight is 206 g/mol. The Kier molecular flexibility index (Phi) is 3.21. The normalized spacial score (nSPS) is 18.1. The molecule has 0 aromatic carbocycles. The lowest BCUT2D eigenvalue weighted by Crippen LogP contribution is -2.36. The predicted octanol–water partition coefficient (Wildman–Crippen LogP) is 1.61. The van der Waals surface area contributed by atoms with Crippen LogP contribution in [0.15, 0.2) is 18.3 Å². The fraction of sp³-hybridized carbons (Fsp3) is 0.583. The summed E-state index contributed by atoms with van der Waals surface area (Å²) in [5, 5.41) is 9.41. The molecule has 1 fully saturated rings. The number of anilines is 1. The number of piperidine rings is 1. The number of aryl methyl sites for hydroxylation is 1. The predicted molar refractivity (Wildman–Crippen MR) is 61.1 cm³/mol. The minimum Gasteiger partial charge on any atom is -0.393 e. The third-order valence-electron chi connectivity index (χ3n) is 3.01. The SMILES string of the molecule is CCc1ccc(N2CCC(O)CC2)nc1. The first-order chi connectivity index (χ1) is 7.29. The first-order valence-electron chi connectivity index (χ1n) is 5.67. The van der Waals surface area contributed by atoms with E-state index in [1.807, 2.05) is 6.20 Å². The molecule has 3 nitrogen and oxygen atoms in total. The summed E-state index contributed by atoms with van der Waals surface area (Å²) in [6, 6.07) is 4.21. The number of nitrogens with zero attached hydrogens (tertiary/aromatic N) is 2. The van der Waals surface area contributed by atoms with E-state index in [0.717, 1.165) is 38.2 Å². The molecule has 0 bridgehead atoms. The molecule has 0 saturated carbocycles. The highest BCUT2D eigenvalue weighted by molar-refractivity contribution is 5.39. The quantitative estimate of drug-likeness (QED) is 0.798. The van der Waals surface area contributed by atoms with Crippen LogP contribution >= 0.6 is 0 Å². The van der Waals surface area contributed by atoms with Crippen LogP contribution in [0.1, 0.15) is 25.3 Å². The van der Waals surface area contributed by atoms with Gasteiger partial charge in [0.2, 0.25) is 0 Å². The molecule has 0 unspecified atom stereocenters. The van der Waals surface area contributed by atoms with E-state index in [-0.39, 0.29) is 6.10 Å². The van der Waals surface area contributed by atoms with Gasteiger partial charge in [-0.05, 0) is 30.9 Å². The van der Waals surface area contributed by atoms with E-state index < -0.39 is 0 Å². The molecule has 2 heterocycles. The van der Waals surface area contributed by atoms with Crippen LogP contribution in [0.4, 0.5) is 5.82 Å².